The Labute approximate surface area is 116 Å². The Hall–Kier alpha value is -1.06. The second-order valence-corrected chi connectivity index (χ2v) is 6.77. The summed E-state index contributed by atoms with van der Waals surface area (Å²) >= 11 is 0. The Morgan fingerprint density at radius 3 is 1.63 bits per heavy atom. The standard InChI is InChI=1S/C15H26N4/c1-10(2)12-8-18-6-5-7-19-9-13(11(3)4)17-15(19)14(18)16-12/h10-13H,5-9H2,1-4H3/t12-,13-/m0/s1. The third-order valence-corrected chi connectivity index (χ3v) is 4.59. The van der Waals surface area contributed by atoms with Crippen LogP contribution < -0.4 is 0 Å². The lowest BCUT2D eigenvalue weighted by molar-refractivity contribution is 0.351. The minimum Gasteiger partial charge on any atom is -0.352 e. The highest BCUT2D eigenvalue weighted by Crippen LogP contribution is 2.25. The van der Waals surface area contributed by atoms with E-state index < -0.39 is 0 Å². The molecule has 0 aromatic carbocycles. The lowest BCUT2D eigenvalue weighted by atomic mass is 10.1. The summed E-state index contributed by atoms with van der Waals surface area (Å²) in [5.74, 6) is 3.60. The number of fused-ring (bicyclic) bond motifs is 3. The van der Waals surface area contributed by atoms with Crippen LogP contribution in [-0.2, 0) is 0 Å². The van der Waals surface area contributed by atoms with Crippen molar-refractivity contribution in [2.75, 3.05) is 26.2 Å². The molecule has 0 N–H and O–H groups in total. The first-order chi connectivity index (χ1) is 9.06. The van der Waals surface area contributed by atoms with E-state index in [1.54, 1.807) is 0 Å². The van der Waals surface area contributed by atoms with Gasteiger partial charge in [-0.25, -0.2) is 0 Å². The molecule has 19 heavy (non-hydrogen) atoms. The molecule has 1 fully saturated rings. The maximum absolute atomic E-state index is 4.98. The summed E-state index contributed by atoms with van der Waals surface area (Å²) in [5.41, 5.74) is 0. The first-order valence-electron chi connectivity index (χ1n) is 7.72. The fraction of sp³-hybridized carbons (Fsp3) is 0.867. The van der Waals surface area contributed by atoms with Crippen LogP contribution in [0.5, 0.6) is 0 Å². The maximum atomic E-state index is 4.98. The van der Waals surface area contributed by atoms with Crippen LogP contribution >= 0.6 is 0 Å². The SMILES string of the molecule is CC(C)[C@@H]1CN2CCCN3C[C@@H](C(C)C)N=C3C2=N1. The quantitative estimate of drug-likeness (QED) is 0.761. The van der Waals surface area contributed by atoms with Gasteiger partial charge < -0.3 is 9.80 Å². The molecule has 106 valence electrons. The molecule has 0 amide bonds. The molecule has 0 saturated carbocycles. The average molecular weight is 262 g/mol. The highest BCUT2D eigenvalue weighted by atomic mass is 15.4. The van der Waals surface area contributed by atoms with Crippen LogP contribution in [0, 0.1) is 11.8 Å². The summed E-state index contributed by atoms with van der Waals surface area (Å²) in [6.45, 7) is 13.5. The molecule has 3 aliphatic heterocycles. The molecular formula is C15H26N4. The second kappa shape index (κ2) is 4.80. The van der Waals surface area contributed by atoms with Crippen LogP contribution in [0.25, 0.3) is 0 Å². The van der Waals surface area contributed by atoms with Crippen LogP contribution in [0.2, 0.25) is 0 Å². The summed E-state index contributed by atoms with van der Waals surface area (Å²) in [7, 11) is 0. The topological polar surface area (TPSA) is 31.2 Å². The van der Waals surface area contributed by atoms with Gasteiger partial charge in [-0.3, -0.25) is 9.98 Å². The van der Waals surface area contributed by atoms with Crippen LogP contribution in [-0.4, -0.2) is 59.7 Å². The van der Waals surface area contributed by atoms with Gasteiger partial charge in [0.15, 0.2) is 11.7 Å². The summed E-state index contributed by atoms with van der Waals surface area (Å²) < 4.78 is 0. The molecule has 3 rings (SSSR count). The van der Waals surface area contributed by atoms with E-state index in [0.29, 0.717) is 23.9 Å². The number of hydrogen-bond acceptors (Lipinski definition) is 4. The van der Waals surface area contributed by atoms with Crippen LogP contribution in [0.15, 0.2) is 9.98 Å². The van der Waals surface area contributed by atoms with Crippen molar-refractivity contribution in [3.63, 3.8) is 0 Å². The van der Waals surface area contributed by atoms with Gasteiger partial charge in [-0.15, -0.1) is 0 Å². The number of aliphatic imine (C=N–C) groups is 2. The minimum atomic E-state index is 0.454. The summed E-state index contributed by atoms with van der Waals surface area (Å²) in [6.07, 6.45) is 1.23. The van der Waals surface area contributed by atoms with Crippen LogP contribution in [0.1, 0.15) is 34.1 Å². The first-order valence-corrected chi connectivity index (χ1v) is 7.72. The van der Waals surface area contributed by atoms with E-state index in [4.69, 9.17) is 9.98 Å². The Balaban J connectivity index is 1.90. The monoisotopic (exact) mass is 262 g/mol. The van der Waals surface area contributed by atoms with Crippen LogP contribution in [0.4, 0.5) is 0 Å². The Bertz CT molecular complexity index is 372. The van der Waals surface area contributed by atoms with E-state index >= 15 is 0 Å². The average Bonchev–Trinajstić information content (AvgIpc) is 2.91. The fourth-order valence-electron chi connectivity index (χ4n) is 3.15. The van der Waals surface area contributed by atoms with Crippen molar-refractivity contribution in [3.8, 4) is 0 Å². The van der Waals surface area contributed by atoms with E-state index in [1.807, 2.05) is 0 Å². The zero-order chi connectivity index (χ0) is 13.6. The number of amidine groups is 2. The molecule has 4 heteroatoms. The van der Waals surface area contributed by atoms with Gasteiger partial charge in [-0.05, 0) is 18.3 Å². The second-order valence-electron chi connectivity index (χ2n) is 6.77. The molecule has 0 unspecified atom stereocenters. The number of rotatable bonds is 2. The van der Waals surface area contributed by atoms with Crippen molar-refractivity contribution in [3.05, 3.63) is 0 Å². The Morgan fingerprint density at radius 1 is 0.842 bits per heavy atom. The minimum absolute atomic E-state index is 0.454. The van der Waals surface area contributed by atoms with Crippen molar-refractivity contribution in [2.24, 2.45) is 21.8 Å². The smallest absolute Gasteiger partial charge is 0.167 e. The highest BCUT2D eigenvalue weighted by molar-refractivity contribution is 6.41. The third kappa shape index (κ3) is 2.26. The van der Waals surface area contributed by atoms with Crippen molar-refractivity contribution in [1.82, 2.24) is 9.80 Å². The normalized spacial score (nSPS) is 30.4. The van der Waals surface area contributed by atoms with Gasteiger partial charge in [0, 0.05) is 26.2 Å². The van der Waals surface area contributed by atoms with Gasteiger partial charge in [-0.1, -0.05) is 27.7 Å². The molecular weight excluding hydrogens is 236 g/mol. The van der Waals surface area contributed by atoms with Crippen molar-refractivity contribution >= 4 is 11.7 Å². The van der Waals surface area contributed by atoms with Gasteiger partial charge in [-0.2, -0.15) is 0 Å². The van der Waals surface area contributed by atoms with E-state index in [0.717, 1.165) is 26.2 Å². The molecule has 0 aliphatic carbocycles. The van der Waals surface area contributed by atoms with Gasteiger partial charge in [0.1, 0.15) is 0 Å². The van der Waals surface area contributed by atoms with Gasteiger partial charge in [0.2, 0.25) is 0 Å². The molecule has 0 bridgehead atoms. The Morgan fingerprint density at radius 2 is 1.26 bits per heavy atom. The Kier molecular flexibility index (Phi) is 3.27. The summed E-state index contributed by atoms with van der Waals surface area (Å²) in [4.78, 5) is 14.9. The molecule has 1 saturated heterocycles. The molecule has 2 atom stereocenters. The predicted molar refractivity (Wildman–Crippen MR) is 79.9 cm³/mol. The number of hydrogen-bond donors (Lipinski definition) is 0. The van der Waals surface area contributed by atoms with Crippen LogP contribution in [0.3, 0.4) is 0 Å². The van der Waals surface area contributed by atoms with Gasteiger partial charge in [0.05, 0.1) is 12.1 Å². The third-order valence-electron chi connectivity index (χ3n) is 4.59. The summed E-state index contributed by atoms with van der Waals surface area (Å²) in [5, 5.41) is 0. The summed E-state index contributed by atoms with van der Waals surface area (Å²) in [6, 6.07) is 0.909. The van der Waals surface area contributed by atoms with Crippen molar-refractivity contribution in [1.29, 1.82) is 0 Å². The zero-order valence-corrected chi connectivity index (χ0v) is 12.6. The zero-order valence-electron chi connectivity index (χ0n) is 12.6. The van der Waals surface area contributed by atoms with E-state index in [2.05, 4.69) is 37.5 Å². The molecule has 0 radical (unpaired) electrons. The van der Waals surface area contributed by atoms with E-state index in [-0.39, 0.29) is 0 Å². The number of nitrogens with zero attached hydrogens (tertiary/aromatic N) is 4. The lowest BCUT2D eigenvalue weighted by Crippen LogP contribution is -2.38. The molecule has 0 aromatic heterocycles. The molecule has 3 heterocycles. The first kappa shape index (κ1) is 12.9. The molecule has 0 aromatic rings. The largest absolute Gasteiger partial charge is 0.352 e. The fourth-order valence-corrected chi connectivity index (χ4v) is 3.15. The van der Waals surface area contributed by atoms with Crippen molar-refractivity contribution < 1.29 is 0 Å². The van der Waals surface area contributed by atoms with Gasteiger partial charge >= 0.3 is 0 Å². The lowest BCUT2D eigenvalue weighted by Gasteiger charge is -2.19. The predicted octanol–water partition coefficient (Wildman–Crippen LogP) is 1.87. The molecule has 0 spiro atoms. The maximum Gasteiger partial charge on any atom is 0.167 e. The highest BCUT2D eigenvalue weighted by Gasteiger charge is 2.38. The van der Waals surface area contributed by atoms with E-state index in [9.17, 15) is 0 Å². The molecule has 3 aliphatic rings. The van der Waals surface area contributed by atoms with Gasteiger partial charge in [0.25, 0.3) is 0 Å². The molecule has 4 nitrogen and oxygen atoms in total. The van der Waals surface area contributed by atoms with E-state index in [1.165, 1.54) is 18.1 Å². The van der Waals surface area contributed by atoms with Crippen molar-refractivity contribution in [2.45, 2.75) is 46.2 Å².